The molecule has 1 heterocycles. The van der Waals surface area contributed by atoms with Gasteiger partial charge in [0.1, 0.15) is 0 Å². The van der Waals surface area contributed by atoms with Crippen molar-refractivity contribution in [1.82, 2.24) is 15.1 Å². The molecule has 7 nitrogen and oxygen atoms in total. The first-order chi connectivity index (χ1) is 11.1. The zero-order chi connectivity index (χ0) is 16.7. The number of ether oxygens (including phenoxy) is 1. The van der Waals surface area contributed by atoms with Gasteiger partial charge in [-0.3, -0.25) is 4.79 Å². The average Bonchev–Trinajstić information content (AvgIpc) is 2.96. The van der Waals surface area contributed by atoms with Crippen LogP contribution >= 0.6 is 11.6 Å². The van der Waals surface area contributed by atoms with Crippen molar-refractivity contribution in [3.05, 3.63) is 41.7 Å². The molecule has 0 aliphatic carbocycles. The van der Waals surface area contributed by atoms with Crippen LogP contribution in [0.1, 0.15) is 13.3 Å². The topological polar surface area (TPSA) is 85.2 Å². The Balaban J connectivity index is 1.86. The number of halogens is 1. The zero-order valence-corrected chi connectivity index (χ0v) is 13.3. The maximum Gasteiger partial charge on any atom is 0.407 e. The minimum absolute atomic E-state index is 0.135. The molecule has 0 radical (unpaired) electrons. The van der Waals surface area contributed by atoms with Gasteiger partial charge in [0.15, 0.2) is 0 Å². The van der Waals surface area contributed by atoms with Gasteiger partial charge in [0.25, 0.3) is 0 Å². The number of carbonyl (C=O) groups excluding carboxylic acids is 2. The number of anilines is 1. The van der Waals surface area contributed by atoms with Crippen LogP contribution in [0.25, 0.3) is 5.69 Å². The van der Waals surface area contributed by atoms with Crippen molar-refractivity contribution in [3.8, 4) is 5.69 Å². The molecule has 0 unspecified atom stereocenters. The first-order valence-corrected chi connectivity index (χ1v) is 7.48. The fourth-order valence-electron chi connectivity index (χ4n) is 1.84. The van der Waals surface area contributed by atoms with Gasteiger partial charge >= 0.3 is 6.09 Å². The first kappa shape index (κ1) is 16.8. The SMILES string of the molecule is CCOC(=O)NCCC(=O)Nc1cnn(-c2ccccc2Cl)c1. The van der Waals surface area contributed by atoms with E-state index in [2.05, 4.69) is 15.7 Å². The van der Waals surface area contributed by atoms with E-state index in [4.69, 9.17) is 16.3 Å². The molecular formula is C15H17ClN4O3. The molecule has 1 aromatic carbocycles. The Morgan fingerprint density at radius 1 is 1.35 bits per heavy atom. The van der Waals surface area contributed by atoms with Gasteiger partial charge < -0.3 is 15.4 Å². The number of benzene rings is 1. The lowest BCUT2D eigenvalue weighted by Gasteiger charge is -2.05. The molecule has 0 spiro atoms. The summed E-state index contributed by atoms with van der Waals surface area (Å²) in [4.78, 5) is 22.9. The summed E-state index contributed by atoms with van der Waals surface area (Å²) in [5, 5.41) is 9.90. The van der Waals surface area contributed by atoms with Gasteiger partial charge in [0.05, 0.1) is 35.4 Å². The fourth-order valence-corrected chi connectivity index (χ4v) is 2.06. The lowest BCUT2D eigenvalue weighted by atomic mass is 10.3. The maximum absolute atomic E-state index is 11.8. The van der Waals surface area contributed by atoms with E-state index in [9.17, 15) is 9.59 Å². The van der Waals surface area contributed by atoms with E-state index in [1.807, 2.05) is 18.2 Å². The number of aromatic nitrogens is 2. The molecule has 23 heavy (non-hydrogen) atoms. The van der Waals surface area contributed by atoms with Crippen molar-refractivity contribution >= 4 is 29.3 Å². The molecule has 2 amide bonds. The van der Waals surface area contributed by atoms with Crippen molar-refractivity contribution in [1.29, 1.82) is 0 Å². The Hall–Kier alpha value is -2.54. The predicted molar refractivity (Wildman–Crippen MR) is 86.8 cm³/mol. The maximum atomic E-state index is 11.8. The second-order valence-electron chi connectivity index (χ2n) is 4.57. The second kappa shape index (κ2) is 8.19. The van der Waals surface area contributed by atoms with Crippen LogP contribution in [-0.4, -0.2) is 34.9 Å². The summed E-state index contributed by atoms with van der Waals surface area (Å²) in [6, 6.07) is 7.26. The van der Waals surface area contributed by atoms with Crippen molar-refractivity contribution < 1.29 is 14.3 Å². The quantitative estimate of drug-likeness (QED) is 0.849. The third-order valence-electron chi connectivity index (χ3n) is 2.86. The number of alkyl carbamates (subject to hydrolysis) is 1. The number of nitrogens with zero attached hydrogens (tertiary/aromatic N) is 2. The highest BCUT2D eigenvalue weighted by atomic mass is 35.5. The molecule has 0 saturated heterocycles. The van der Waals surface area contributed by atoms with Crippen molar-refractivity contribution in [2.75, 3.05) is 18.5 Å². The van der Waals surface area contributed by atoms with E-state index < -0.39 is 6.09 Å². The molecule has 2 N–H and O–H groups in total. The van der Waals surface area contributed by atoms with Crippen LogP contribution < -0.4 is 10.6 Å². The van der Waals surface area contributed by atoms with E-state index in [1.165, 1.54) is 6.20 Å². The van der Waals surface area contributed by atoms with Gasteiger partial charge in [-0.2, -0.15) is 5.10 Å². The normalized spacial score (nSPS) is 10.2. The molecule has 0 aliphatic rings. The van der Waals surface area contributed by atoms with Crippen molar-refractivity contribution in [3.63, 3.8) is 0 Å². The number of carbonyl (C=O) groups is 2. The molecule has 0 atom stereocenters. The Labute approximate surface area is 138 Å². The molecule has 1 aromatic heterocycles. The van der Waals surface area contributed by atoms with Gasteiger partial charge in [-0.1, -0.05) is 23.7 Å². The molecule has 0 saturated carbocycles. The summed E-state index contributed by atoms with van der Waals surface area (Å²) in [5.74, 6) is -0.236. The van der Waals surface area contributed by atoms with Crippen LogP contribution in [0.3, 0.4) is 0 Å². The summed E-state index contributed by atoms with van der Waals surface area (Å²) < 4.78 is 6.28. The highest BCUT2D eigenvalue weighted by Gasteiger charge is 2.08. The highest BCUT2D eigenvalue weighted by molar-refractivity contribution is 6.32. The largest absolute Gasteiger partial charge is 0.450 e. The Kier molecular flexibility index (Phi) is 5.99. The molecule has 0 bridgehead atoms. The van der Waals surface area contributed by atoms with Crippen LogP contribution in [-0.2, 0) is 9.53 Å². The predicted octanol–water partition coefficient (Wildman–Crippen LogP) is 2.60. The molecule has 122 valence electrons. The van der Waals surface area contributed by atoms with E-state index in [0.717, 1.165) is 5.69 Å². The van der Waals surface area contributed by atoms with Crippen molar-refractivity contribution in [2.24, 2.45) is 0 Å². The number of nitrogens with one attached hydrogen (secondary N) is 2. The average molecular weight is 337 g/mol. The molecule has 0 fully saturated rings. The Morgan fingerprint density at radius 2 is 2.13 bits per heavy atom. The van der Waals surface area contributed by atoms with Gasteiger partial charge in [-0.05, 0) is 19.1 Å². The van der Waals surface area contributed by atoms with Crippen LogP contribution in [0.2, 0.25) is 5.02 Å². The summed E-state index contributed by atoms with van der Waals surface area (Å²) in [6.45, 7) is 2.20. The molecule has 0 aliphatic heterocycles. The standard InChI is InChI=1S/C15H17ClN4O3/c1-2-23-15(22)17-8-7-14(21)19-11-9-18-20(10-11)13-6-4-3-5-12(13)16/h3-6,9-10H,2,7-8H2,1H3,(H,17,22)(H,19,21). The van der Waals surface area contributed by atoms with Gasteiger partial charge in [-0.15, -0.1) is 0 Å². The summed E-state index contributed by atoms with van der Waals surface area (Å²) in [6.07, 6.45) is 2.79. The summed E-state index contributed by atoms with van der Waals surface area (Å²) in [5.41, 5.74) is 1.27. The van der Waals surface area contributed by atoms with Gasteiger partial charge in [-0.25, -0.2) is 9.48 Å². The second-order valence-corrected chi connectivity index (χ2v) is 4.98. The molecule has 2 aromatic rings. The smallest absolute Gasteiger partial charge is 0.407 e. The van der Waals surface area contributed by atoms with E-state index in [-0.39, 0.29) is 18.9 Å². The van der Waals surface area contributed by atoms with Crippen LogP contribution in [0.4, 0.5) is 10.5 Å². The van der Waals surface area contributed by atoms with E-state index in [1.54, 1.807) is 23.9 Å². The summed E-state index contributed by atoms with van der Waals surface area (Å²) >= 11 is 6.10. The fraction of sp³-hybridized carbons (Fsp3) is 0.267. The lowest BCUT2D eigenvalue weighted by Crippen LogP contribution is -2.28. The molecule has 2 rings (SSSR count). The monoisotopic (exact) mass is 336 g/mol. The summed E-state index contributed by atoms with van der Waals surface area (Å²) in [7, 11) is 0. The Morgan fingerprint density at radius 3 is 2.87 bits per heavy atom. The molecule has 8 heteroatoms. The lowest BCUT2D eigenvalue weighted by molar-refractivity contribution is -0.116. The van der Waals surface area contributed by atoms with Crippen LogP contribution in [0.5, 0.6) is 0 Å². The number of hydrogen-bond acceptors (Lipinski definition) is 4. The zero-order valence-electron chi connectivity index (χ0n) is 12.6. The number of para-hydroxylation sites is 1. The van der Waals surface area contributed by atoms with E-state index in [0.29, 0.717) is 17.3 Å². The highest BCUT2D eigenvalue weighted by Crippen LogP contribution is 2.20. The van der Waals surface area contributed by atoms with Gasteiger partial charge in [0, 0.05) is 13.0 Å². The Bertz CT molecular complexity index is 687. The van der Waals surface area contributed by atoms with Crippen molar-refractivity contribution in [2.45, 2.75) is 13.3 Å². The third kappa shape index (κ3) is 5.00. The number of hydrogen-bond donors (Lipinski definition) is 2. The van der Waals surface area contributed by atoms with Crippen LogP contribution in [0.15, 0.2) is 36.7 Å². The van der Waals surface area contributed by atoms with E-state index >= 15 is 0 Å². The van der Waals surface area contributed by atoms with Gasteiger partial charge in [0.2, 0.25) is 5.91 Å². The minimum atomic E-state index is -0.535. The number of amides is 2. The minimum Gasteiger partial charge on any atom is -0.450 e. The first-order valence-electron chi connectivity index (χ1n) is 7.10. The number of rotatable bonds is 6. The van der Waals surface area contributed by atoms with Crippen LogP contribution in [0, 0.1) is 0 Å². The third-order valence-corrected chi connectivity index (χ3v) is 3.18. The molecular weight excluding hydrogens is 320 g/mol.